The number of ether oxygens (including phenoxy) is 3. The van der Waals surface area contributed by atoms with Crippen LogP contribution in [0.2, 0.25) is 0 Å². The number of anilines is 1. The van der Waals surface area contributed by atoms with Crippen molar-refractivity contribution in [1.82, 2.24) is 20.2 Å². The van der Waals surface area contributed by atoms with Crippen LogP contribution in [0.25, 0.3) is 5.69 Å². The zero-order valence-corrected chi connectivity index (χ0v) is 19.9. The average Bonchev–Trinajstić information content (AvgIpc) is 3.58. The van der Waals surface area contributed by atoms with E-state index in [0.717, 1.165) is 22.0 Å². The van der Waals surface area contributed by atoms with Gasteiger partial charge in [-0.25, -0.2) is 0 Å². The Labute approximate surface area is 204 Å². The van der Waals surface area contributed by atoms with E-state index in [9.17, 15) is 4.79 Å². The molecule has 0 unspecified atom stereocenters. The largest absolute Gasteiger partial charge is 0.497 e. The minimum Gasteiger partial charge on any atom is -0.497 e. The minimum atomic E-state index is -0.0700. The Hall–Kier alpha value is -3.57. The summed E-state index contributed by atoms with van der Waals surface area (Å²) in [6.07, 6.45) is 0. The van der Waals surface area contributed by atoms with Gasteiger partial charge in [0.1, 0.15) is 19.0 Å². The van der Waals surface area contributed by atoms with E-state index in [1.165, 1.54) is 11.8 Å². The molecule has 0 aliphatic carbocycles. The van der Waals surface area contributed by atoms with Crippen molar-refractivity contribution >= 4 is 34.7 Å². The Morgan fingerprint density at radius 1 is 1.15 bits per heavy atom. The second-order valence-corrected chi connectivity index (χ2v) is 9.22. The van der Waals surface area contributed by atoms with Crippen molar-refractivity contribution in [2.24, 2.45) is 0 Å². The predicted octanol–water partition coefficient (Wildman–Crippen LogP) is 3.83. The predicted molar refractivity (Wildman–Crippen MR) is 129 cm³/mol. The number of carbonyl (C=O) groups is 1. The molecule has 174 valence electrons. The Balaban J connectivity index is 1.35. The van der Waals surface area contributed by atoms with E-state index in [-0.39, 0.29) is 11.7 Å². The third-order valence-electron chi connectivity index (χ3n) is 5.12. The van der Waals surface area contributed by atoms with E-state index in [1.54, 1.807) is 28.0 Å². The molecule has 3 heterocycles. The van der Waals surface area contributed by atoms with Gasteiger partial charge in [-0.15, -0.1) is 16.4 Å². The van der Waals surface area contributed by atoms with E-state index in [2.05, 4.69) is 15.5 Å². The van der Waals surface area contributed by atoms with E-state index in [4.69, 9.17) is 14.2 Å². The van der Waals surface area contributed by atoms with Gasteiger partial charge in [0.2, 0.25) is 11.1 Å². The smallest absolute Gasteiger partial charge is 0.237 e. The maximum atomic E-state index is 13.4. The average molecular weight is 496 g/mol. The monoisotopic (exact) mass is 495 g/mol. The van der Waals surface area contributed by atoms with Gasteiger partial charge >= 0.3 is 0 Å². The molecule has 2 aromatic heterocycles. The Morgan fingerprint density at radius 2 is 1.97 bits per heavy atom. The molecule has 0 saturated heterocycles. The number of hydrogen-bond donors (Lipinski definition) is 0. The molecule has 2 aromatic carbocycles. The lowest BCUT2D eigenvalue weighted by Crippen LogP contribution is -2.32. The summed E-state index contributed by atoms with van der Waals surface area (Å²) in [5.74, 6) is 2.16. The van der Waals surface area contributed by atoms with Gasteiger partial charge in [0, 0.05) is 16.6 Å². The summed E-state index contributed by atoms with van der Waals surface area (Å²) in [6.45, 7) is 1.46. The van der Waals surface area contributed by atoms with Crippen molar-refractivity contribution in [1.29, 1.82) is 0 Å². The molecule has 5 rings (SSSR count). The number of carbonyl (C=O) groups excluding carboxylic acids is 1. The summed E-state index contributed by atoms with van der Waals surface area (Å²) in [7, 11) is 1.61. The normalized spacial score (nSPS) is 12.4. The number of fused-ring (bicyclic) bond motifs is 1. The fourth-order valence-electron chi connectivity index (χ4n) is 3.44. The molecule has 0 saturated carbocycles. The Kier molecular flexibility index (Phi) is 6.63. The van der Waals surface area contributed by atoms with Crippen LogP contribution in [-0.2, 0) is 11.3 Å². The van der Waals surface area contributed by atoms with Crippen LogP contribution in [0, 0.1) is 0 Å². The number of nitrogens with zero attached hydrogens (tertiary/aromatic N) is 5. The molecular formula is C23H21N5O4S2. The number of methoxy groups -OCH3 is 1. The first kappa shape index (κ1) is 22.2. The van der Waals surface area contributed by atoms with Gasteiger partial charge in [0.15, 0.2) is 11.5 Å². The van der Waals surface area contributed by atoms with Crippen LogP contribution in [0.3, 0.4) is 0 Å². The van der Waals surface area contributed by atoms with Crippen molar-refractivity contribution in [2.75, 3.05) is 31.0 Å². The molecule has 0 radical (unpaired) electrons. The molecule has 0 fully saturated rings. The molecule has 0 spiro atoms. The van der Waals surface area contributed by atoms with Gasteiger partial charge in [-0.05, 0) is 58.3 Å². The number of benzene rings is 2. The first-order chi connectivity index (χ1) is 16.7. The summed E-state index contributed by atoms with van der Waals surface area (Å²) >= 11 is 2.89. The minimum absolute atomic E-state index is 0.0700. The summed E-state index contributed by atoms with van der Waals surface area (Å²) in [5.41, 5.74) is 1.53. The van der Waals surface area contributed by atoms with Crippen LogP contribution in [0.5, 0.6) is 17.2 Å². The van der Waals surface area contributed by atoms with Crippen molar-refractivity contribution in [3.63, 3.8) is 0 Å². The number of amides is 1. The summed E-state index contributed by atoms with van der Waals surface area (Å²) in [5, 5.41) is 14.5. The topological polar surface area (TPSA) is 91.6 Å². The third kappa shape index (κ3) is 4.85. The molecule has 0 atom stereocenters. The van der Waals surface area contributed by atoms with Gasteiger partial charge in [0.25, 0.3) is 0 Å². The van der Waals surface area contributed by atoms with Gasteiger partial charge in [0.05, 0.1) is 25.1 Å². The van der Waals surface area contributed by atoms with Crippen LogP contribution >= 0.6 is 23.1 Å². The van der Waals surface area contributed by atoms with Gasteiger partial charge in [-0.2, -0.15) is 4.68 Å². The van der Waals surface area contributed by atoms with Gasteiger partial charge in [-0.1, -0.05) is 17.8 Å². The van der Waals surface area contributed by atoms with E-state index in [1.807, 2.05) is 60.0 Å². The molecule has 1 aliphatic rings. The van der Waals surface area contributed by atoms with Gasteiger partial charge < -0.3 is 19.1 Å². The van der Waals surface area contributed by atoms with Crippen molar-refractivity contribution in [3.05, 3.63) is 64.9 Å². The van der Waals surface area contributed by atoms with E-state index in [0.29, 0.717) is 36.4 Å². The first-order valence-electron chi connectivity index (χ1n) is 10.5. The molecular weight excluding hydrogens is 474 g/mol. The summed E-state index contributed by atoms with van der Waals surface area (Å²) in [6, 6.07) is 17.0. The molecule has 1 amide bonds. The fourth-order valence-corrected chi connectivity index (χ4v) is 4.90. The SMILES string of the molecule is COc1ccc(-n2nnnc2SCC(=O)N(Cc2cccs2)c2ccc3c(c2)OCCO3)cc1. The second kappa shape index (κ2) is 10.1. The van der Waals surface area contributed by atoms with Crippen LogP contribution in [0.15, 0.2) is 65.1 Å². The lowest BCUT2D eigenvalue weighted by molar-refractivity contribution is -0.116. The van der Waals surface area contributed by atoms with Crippen molar-refractivity contribution in [2.45, 2.75) is 11.7 Å². The van der Waals surface area contributed by atoms with Crippen molar-refractivity contribution < 1.29 is 19.0 Å². The van der Waals surface area contributed by atoms with Gasteiger partial charge in [-0.3, -0.25) is 4.79 Å². The maximum absolute atomic E-state index is 13.4. The maximum Gasteiger partial charge on any atom is 0.237 e. The highest BCUT2D eigenvalue weighted by atomic mass is 32.2. The number of thioether (sulfide) groups is 1. The number of hydrogen-bond acceptors (Lipinski definition) is 9. The quantitative estimate of drug-likeness (QED) is 0.341. The first-order valence-corrected chi connectivity index (χ1v) is 12.4. The zero-order chi connectivity index (χ0) is 23.3. The van der Waals surface area contributed by atoms with E-state index >= 15 is 0 Å². The summed E-state index contributed by atoms with van der Waals surface area (Å²) < 4.78 is 18.2. The van der Waals surface area contributed by atoms with Crippen LogP contribution < -0.4 is 19.1 Å². The highest BCUT2D eigenvalue weighted by Crippen LogP contribution is 2.35. The molecule has 4 aromatic rings. The fraction of sp³-hybridized carbons (Fsp3) is 0.217. The third-order valence-corrected chi connectivity index (χ3v) is 6.88. The Morgan fingerprint density at radius 3 is 2.74 bits per heavy atom. The van der Waals surface area contributed by atoms with Crippen molar-refractivity contribution in [3.8, 4) is 22.9 Å². The summed E-state index contributed by atoms with van der Waals surface area (Å²) in [4.78, 5) is 16.2. The molecule has 0 bridgehead atoms. The molecule has 11 heteroatoms. The number of aromatic nitrogens is 4. The molecule has 34 heavy (non-hydrogen) atoms. The lowest BCUT2D eigenvalue weighted by Gasteiger charge is -2.25. The molecule has 9 nitrogen and oxygen atoms in total. The number of tetrazole rings is 1. The lowest BCUT2D eigenvalue weighted by atomic mass is 10.2. The number of thiophene rings is 1. The highest BCUT2D eigenvalue weighted by Gasteiger charge is 2.22. The zero-order valence-electron chi connectivity index (χ0n) is 18.3. The molecule has 0 N–H and O–H groups in total. The Bertz CT molecular complexity index is 1260. The van der Waals surface area contributed by atoms with E-state index < -0.39 is 0 Å². The standard InChI is InChI=1S/C23H21N5O4S2/c1-30-18-7-4-16(5-8-18)28-23(24-25-26-28)34-15-22(29)27(14-19-3-2-12-33-19)17-6-9-20-21(13-17)32-11-10-31-20/h2-9,12-13H,10-11,14-15H2,1H3. The van der Waals surface area contributed by atoms with Crippen LogP contribution in [0.4, 0.5) is 5.69 Å². The van der Waals surface area contributed by atoms with Crippen LogP contribution in [-0.4, -0.2) is 52.2 Å². The number of rotatable bonds is 8. The second-order valence-electron chi connectivity index (χ2n) is 7.25. The molecule has 1 aliphatic heterocycles. The highest BCUT2D eigenvalue weighted by molar-refractivity contribution is 7.99. The van der Waals surface area contributed by atoms with Crippen LogP contribution in [0.1, 0.15) is 4.88 Å².